The van der Waals surface area contributed by atoms with Gasteiger partial charge in [0, 0.05) is 29.3 Å². The highest BCUT2D eigenvalue weighted by Crippen LogP contribution is 2.25. The van der Waals surface area contributed by atoms with Crippen molar-refractivity contribution in [1.29, 1.82) is 0 Å². The summed E-state index contributed by atoms with van der Waals surface area (Å²) >= 11 is 1.39. The Morgan fingerprint density at radius 1 is 1.25 bits per heavy atom. The van der Waals surface area contributed by atoms with E-state index in [1.807, 2.05) is 23.6 Å². The molecule has 24 heavy (non-hydrogen) atoms. The van der Waals surface area contributed by atoms with E-state index in [0.717, 1.165) is 29.3 Å². The molecule has 1 aliphatic heterocycles. The molecule has 0 radical (unpaired) electrons. The average Bonchev–Trinajstić information content (AvgIpc) is 3.26. The number of hydrogen-bond donors (Lipinski definition) is 1. The second-order valence-corrected chi connectivity index (χ2v) is 6.71. The lowest BCUT2D eigenvalue weighted by Crippen LogP contribution is -2.18. The van der Waals surface area contributed by atoms with Gasteiger partial charge >= 0.3 is 5.97 Å². The highest BCUT2D eigenvalue weighted by molar-refractivity contribution is 7.10. The van der Waals surface area contributed by atoms with Gasteiger partial charge in [0.25, 0.3) is 5.91 Å². The molecule has 6 heteroatoms. The fourth-order valence-electron chi connectivity index (χ4n) is 2.84. The Balaban J connectivity index is 1.72. The highest BCUT2D eigenvalue weighted by atomic mass is 32.1. The van der Waals surface area contributed by atoms with Gasteiger partial charge in [-0.1, -0.05) is 6.07 Å². The van der Waals surface area contributed by atoms with Crippen molar-refractivity contribution >= 4 is 34.6 Å². The van der Waals surface area contributed by atoms with Crippen LogP contribution in [-0.4, -0.2) is 32.1 Å². The molecule has 1 amide bonds. The molecule has 5 nitrogen and oxygen atoms in total. The molecule has 2 heterocycles. The van der Waals surface area contributed by atoms with E-state index in [1.165, 1.54) is 31.3 Å². The zero-order valence-corrected chi connectivity index (χ0v) is 14.4. The molecule has 126 valence electrons. The standard InChI is InChI=1S/C18H20N2O3S/c1-23-17(21)12-16-15(7-10-24-16)18(22)19-13-5-4-6-14(11-13)20-8-2-3-9-20/h4-7,10-11H,2-3,8-9,12H2,1H3,(H,19,22). The van der Waals surface area contributed by atoms with Crippen LogP contribution in [0.2, 0.25) is 0 Å². The molecule has 1 saturated heterocycles. The Bertz CT molecular complexity index is 735. The van der Waals surface area contributed by atoms with Crippen molar-refractivity contribution in [3.8, 4) is 0 Å². The largest absolute Gasteiger partial charge is 0.469 e. The first-order valence-electron chi connectivity index (χ1n) is 7.97. The minimum absolute atomic E-state index is 0.116. The minimum Gasteiger partial charge on any atom is -0.469 e. The van der Waals surface area contributed by atoms with Gasteiger partial charge in [0.1, 0.15) is 0 Å². The lowest BCUT2D eigenvalue weighted by molar-refractivity contribution is -0.139. The predicted octanol–water partition coefficient (Wildman–Crippen LogP) is 3.32. The number of amides is 1. The van der Waals surface area contributed by atoms with E-state index in [1.54, 1.807) is 6.07 Å². The maximum absolute atomic E-state index is 12.5. The second-order valence-electron chi connectivity index (χ2n) is 5.71. The third-order valence-electron chi connectivity index (χ3n) is 4.10. The van der Waals surface area contributed by atoms with Gasteiger partial charge in [-0.2, -0.15) is 0 Å². The van der Waals surface area contributed by atoms with E-state index in [0.29, 0.717) is 5.56 Å². The second kappa shape index (κ2) is 7.49. The lowest BCUT2D eigenvalue weighted by atomic mass is 10.2. The average molecular weight is 344 g/mol. The van der Waals surface area contributed by atoms with Crippen molar-refractivity contribution < 1.29 is 14.3 Å². The van der Waals surface area contributed by atoms with Gasteiger partial charge in [-0.25, -0.2) is 0 Å². The van der Waals surface area contributed by atoms with Crippen LogP contribution < -0.4 is 10.2 Å². The number of carbonyl (C=O) groups is 2. The summed E-state index contributed by atoms with van der Waals surface area (Å²) in [7, 11) is 1.35. The van der Waals surface area contributed by atoms with Crippen LogP contribution in [0, 0.1) is 0 Å². The van der Waals surface area contributed by atoms with Crippen molar-refractivity contribution in [2.45, 2.75) is 19.3 Å². The molecule has 0 spiro atoms. The number of carbonyl (C=O) groups excluding carboxylic acids is 2. The number of thiophene rings is 1. The fourth-order valence-corrected chi connectivity index (χ4v) is 3.69. The molecule has 2 aromatic rings. The van der Waals surface area contributed by atoms with Gasteiger partial charge in [0.05, 0.1) is 19.1 Å². The van der Waals surface area contributed by atoms with Crippen molar-refractivity contribution in [1.82, 2.24) is 0 Å². The molecular formula is C18H20N2O3S. The lowest BCUT2D eigenvalue weighted by Gasteiger charge is -2.18. The van der Waals surface area contributed by atoms with Gasteiger partial charge in [0.15, 0.2) is 0 Å². The number of anilines is 2. The number of rotatable bonds is 5. The summed E-state index contributed by atoms with van der Waals surface area (Å²) in [5.74, 6) is -0.545. The van der Waals surface area contributed by atoms with Gasteiger partial charge in [-0.15, -0.1) is 11.3 Å². The number of hydrogen-bond acceptors (Lipinski definition) is 5. The minimum atomic E-state index is -0.345. The third-order valence-corrected chi connectivity index (χ3v) is 5.02. The molecule has 0 saturated carbocycles. The van der Waals surface area contributed by atoms with Crippen LogP contribution in [0.15, 0.2) is 35.7 Å². The van der Waals surface area contributed by atoms with Crippen LogP contribution in [0.5, 0.6) is 0 Å². The zero-order valence-electron chi connectivity index (χ0n) is 13.6. The SMILES string of the molecule is COC(=O)Cc1sccc1C(=O)Nc1cccc(N2CCCC2)c1. The molecule has 3 rings (SSSR count). The molecule has 0 bridgehead atoms. The molecule has 0 atom stereocenters. The first kappa shape index (κ1) is 16.5. The molecule has 1 aromatic heterocycles. The van der Waals surface area contributed by atoms with Crippen molar-refractivity contribution in [3.63, 3.8) is 0 Å². The van der Waals surface area contributed by atoms with Crippen LogP contribution in [0.1, 0.15) is 28.1 Å². The van der Waals surface area contributed by atoms with Crippen LogP contribution in [0.4, 0.5) is 11.4 Å². The molecule has 1 aliphatic rings. The smallest absolute Gasteiger partial charge is 0.310 e. The van der Waals surface area contributed by atoms with E-state index in [9.17, 15) is 9.59 Å². The first-order chi connectivity index (χ1) is 11.7. The highest BCUT2D eigenvalue weighted by Gasteiger charge is 2.17. The van der Waals surface area contributed by atoms with Crippen molar-refractivity contribution in [3.05, 3.63) is 46.2 Å². The number of benzene rings is 1. The molecule has 1 aromatic carbocycles. The summed E-state index contributed by atoms with van der Waals surface area (Å²) in [6.07, 6.45) is 2.54. The quantitative estimate of drug-likeness (QED) is 0.846. The summed E-state index contributed by atoms with van der Waals surface area (Å²) < 4.78 is 4.68. The fraction of sp³-hybridized carbons (Fsp3) is 0.333. The Labute approximate surface area is 145 Å². The Morgan fingerprint density at radius 2 is 2.04 bits per heavy atom. The monoisotopic (exact) mass is 344 g/mol. The number of nitrogens with zero attached hydrogens (tertiary/aromatic N) is 1. The zero-order chi connectivity index (χ0) is 16.9. The number of methoxy groups -OCH3 is 1. The van der Waals surface area contributed by atoms with Crippen molar-refractivity contribution in [2.75, 3.05) is 30.4 Å². The van der Waals surface area contributed by atoms with Crippen LogP contribution in [0.3, 0.4) is 0 Å². The van der Waals surface area contributed by atoms with E-state index >= 15 is 0 Å². The van der Waals surface area contributed by atoms with Gasteiger partial charge in [-0.05, 0) is 42.5 Å². The molecule has 0 aliphatic carbocycles. The molecule has 1 N–H and O–H groups in total. The van der Waals surface area contributed by atoms with E-state index in [2.05, 4.69) is 21.0 Å². The van der Waals surface area contributed by atoms with Crippen molar-refractivity contribution in [2.24, 2.45) is 0 Å². The number of nitrogens with one attached hydrogen (secondary N) is 1. The Hall–Kier alpha value is -2.34. The Kier molecular flexibility index (Phi) is 5.15. The van der Waals surface area contributed by atoms with E-state index < -0.39 is 0 Å². The summed E-state index contributed by atoms with van der Waals surface area (Å²) in [5.41, 5.74) is 2.42. The van der Waals surface area contributed by atoms with Crippen LogP contribution in [-0.2, 0) is 16.0 Å². The molecular weight excluding hydrogens is 324 g/mol. The normalized spacial score (nSPS) is 13.8. The van der Waals surface area contributed by atoms with Crippen LogP contribution >= 0.6 is 11.3 Å². The van der Waals surface area contributed by atoms with E-state index in [4.69, 9.17) is 0 Å². The topological polar surface area (TPSA) is 58.6 Å². The predicted molar refractivity (Wildman–Crippen MR) is 95.9 cm³/mol. The Morgan fingerprint density at radius 3 is 2.79 bits per heavy atom. The summed E-state index contributed by atoms with van der Waals surface area (Å²) in [5, 5.41) is 4.74. The van der Waals surface area contributed by atoms with Gasteiger partial charge in [-0.3, -0.25) is 9.59 Å². The molecule has 1 fully saturated rings. The number of esters is 1. The maximum Gasteiger partial charge on any atom is 0.310 e. The van der Waals surface area contributed by atoms with Crippen LogP contribution in [0.25, 0.3) is 0 Å². The summed E-state index contributed by atoms with van der Waals surface area (Å²) in [4.78, 5) is 27.0. The number of ether oxygens (including phenoxy) is 1. The van der Waals surface area contributed by atoms with E-state index in [-0.39, 0.29) is 18.3 Å². The third kappa shape index (κ3) is 3.76. The summed E-state index contributed by atoms with van der Waals surface area (Å²) in [6, 6.07) is 9.63. The molecule has 0 unspecified atom stereocenters. The van der Waals surface area contributed by atoms with Gasteiger partial charge < -0.3 is 15.0 Å². The van der Waals surface area contributed by atoms with Gasteiger partial charge in [0.2, 0.25) is 0 Å². The first-order valence-corrected chi connectivity index (χ1v) is 8.85. The summed E-state index contributed by atoms with van der Waals surface area (Å²) in [6.45, 7) is 2.12. The maximum atomic E-state index is 12.5.